The second-order valence-corrected chi connectivity index (χ2v) is 6.75. The average Bonchev–Trinajstić information content (AvgIpc) is 3.31. The minimum atomic E-state index is -0.335. The van der Waals surface area contributed by atoms with Crippen molar-refractivity contribution in [1.82, 2.24) is 10.2 Å². The van der Waals surface area contributed by atoms with Gasteiger partial charge in [0.05, 0.1) is 12.6 Å². The Morgan fingerprint density at radius 2 is 2.26 bits per heavy atom. The number of nitrogens with one attached hydrogen (secondary N) is 2. The number of guanidine groups is 1. The zero-order chi connectivity index (χ0) is 18.4. The first-order valence-corrected chi connectivity index (χ1v) is 9.38. The number of nitrogens with zero attached hydrogens (tertiary/aromatic N) is 2. The van der Waals surface area contributed by atoms with E-state index in [1.807, 2.05) is 31.2 Å². The molecular formula is C19H29IN4O3. The highest BCUT2D eigenvalue weighted by molar-refractivity contribution is 14.0. The van der Waals surface area contributed by atoms with Gasteiger partial charge in [-0.05, 0) is 43.9 Å². The standard InChI is InChI=1S/C19H28N4O3.HI/c1-2-20-19(23-9-8-16(24)13-23)21-12-14-5-3-6-15(11-14)22-18(25)17-7-4-10-26-17;/h3,5-6,11,16-17,24H,2,4,7-10,12-13H2,1H3,(H,20,21)(H,22,25);1H/t16-,17?;/m1./s1. The van der Waals surface area contributed by atoms with Gasteiger partial charge in [0, 0.05) is 31.9 Å². The summed E-state index contributed by atoms with van der Waals surface area (Å²) in [6, 6.07) is 7.73. The molecule has 1 amide bonds. The van der Waals surface area contributed by atoms with Gasteiger partial charge in [0.2, 0.25) is 0 Å². The number of aliphatic hydroxyl groups is 1. The molecule has 2 saturated heterocycles. The highest BCUT2D eigenvalue weighted by atomic mass is 127. The summed E-state index contributed by atoms with van der Waals surface area (Å²) in [6.45, 7) is 5.41. The topological polar surface area (TPSA) is 86.2 Å². The third-order valence-electron chi connectivity index (χ3n) is 4.63. The Hall–Kier alpha value is -1.39. The number of anilines is 1. The molecule has 2 atom stereocenters. The molecule has 0 radical (unpaired) electrons. The summed E-state index contributed by atoms with van der Waals surface area (Å²) in [6.07, 6.45) is 1.87. The molecule has 1 aromatic carbocycles. The Morgan fingerprint density at radius 1 is 1.41 bits per heavy atom. The van der Waals surface area contributed by atoms with Crippen molar-refractivity contribution in [1.29, 1.82) is 0 Å². The Labute approximate surface area is 177 Å². The van der Waals surface area contributed by atoms with Crippen LogP contribution in [0.25, 0.3) is 0 Å². The molecule has 3 N–H and O–H groups in total. The number of aliphatic hydroxyl groups excluding tert-OH is 1. The van der Waals surface area contributed by atoms with E-state index in [0.29, 0.717) is 19.7 Å². The van der Waals surface area contributed by atoms with Gasteiger partial charge in [-0.2, -0.15) is 0 Å². The highest BCUT2D eigenvalue weighted by Gasteiger charge is 2.24. The van der Waals surface area contributed by atoms with Crippen LogP contribution in [-0.2, 0) is 16.1 Å². The third-order valence-corrected chi connectivity index (χ3v) is 4.63. The second kappa shape index (κ2) is 10.8. The number of ether oxygens (including phenoxy) is 1. The highest BCUT2D eigenvalue weighted by Crippen LogP contribution is 2.17. The minimum Gasteiger partial charge on any atom is -0.391 e. The number of carbonyl (C=O) groups excluding carboxylic acids is 1. The number of carbonyl (C=O) groups is 1. The van der Waals surface area contributed by atoms with E-state index in [1.54, 1.807) is 0 Å². The Balaban J connectivity index is 0.00000261. The average molecular weight is 488 g/mol. The van der Waals surface area contributed by atoms with Gasteiger partial charge in [-0.3, -0.25) is 4.79 Å². The van der Waals surface area contributed by atoms with Crippen molar-refractivity contribution in [2.45, 2.75) is 44.9 Å². The van der Waals surface area contributed by atoms with E-state index in [0.717, 1.165) is 49.6 Å². The van der Waals surface area contributed by atoms with E-state index in [1.165, 1.54) is 0 Å². The van der Waals surface area contributed by atoms with Crippen molar-refractivity contribution < 1.29 is 14.6 Å². The van der Waals surface area contributed by atoms with E-state index in [4.69, 9.17) is 4.74 Å². The maximum Gasteiger partial charge on any atom is 0.253 e. The molecule has 1 aromatic rings. The van der Waals surface area contributed by atoms with Crippen LogP contribution < -0.4 is 10.6 Å². The number of rotatable bonds is 5. The number of benzene rings is 1. The molecule has 150 valence electrons. The van der Waals surface area contributed by atoms with Crippen molar-refractivity contribution in [2.24, 2.45) is 4.99 Å². The van der Waals surface area contributed by atoms with Gasteiger partial charge >= 0.3 is 0 Å². The minimum absolute atomic E-state index is 0. The van der Waals surface area contributed by atoms with E-state index >= 15 is 0 Å². The summed E-state index contributed by atoms with van der Waals surface area (Å²) >= 11 is 0. The zero-order valence-corrected chi connectivity index (χ0v) is 18.0. The molecule has 0 spiro atoms. The molecule has 2 heterocycles. The summed E-state index contributed by atoms with van der Waals surface area (Å²) in [5, 5.41) is 15.9. The van der Waals surface area contributed by atoms with Crippen LogP contribution in [0.1, 0.15) is 31.7 Å². The molecule has 2 aliphatic rings. The van der Waals surface area contributed by atoms with Crippen LogP contribution in [0.4, 0.5) is 5.69 Å². The number of hydrogen-bond acceptors (Lipinski definition) is 4. The predicted octanol–water partition coefficient (Wildman–Crippen LogP) is 1.95. The largest absolute Gasteiger partial charge is 0.391 e. The van der Waals surface area contributed by atoms with Crippen LogP contribution >= 0.6 is 24.0 Å². The summed E-state index contributed by atoms with van der Waals surface area (Å²) in [5.74, 6) is 0.736. The fourth-order valence-corrected chi connectivity index (χ4v) is 3.28. The molecule has 0 aliphatic carbocycles. The second-order valence-electron chi connectivity index (χ2n) is 6.75. The fourth-order valence-electron chi connectivity index (χ4n) is 3.28. The Bertz CT molecular complexity index is 650. The van der Waals surface area contributed by atoms with Gasteiger partial charge in [0.25, 0.3) is 5.91 Å². The molecule has 0 saturated carbocycles. The van der Waals surface area contributed by atoms with Crippen LogP contribution in [-0.4, -0.2) is 60.3 Å². The maximum absolute atomic E-state index is 12.2. The van der Waals surface area contributed by atoms with Crippen molar-refractivity contribution >= 4 is 41.5 Å². The fraction of sp³-hybridized carbons (Fsp3) is 0.579. The molecule has 3 rings (SSSR count). The number of halogens is 1. The van der Waals surface area contributed by atoms with E-state index < -0.39 is 0 Å². The SMILES string of the molecule is CCNC(=NCc1cccc(NC(=O)C2CCCO2)c1)N1CC[C@@H](O)C1.I. The smallest absolute Gasteiger partial charge is 0.253 e. The molecular weight excluding hydrogens is 459 g/mol. The van der Waals surface area contributed by atoms with Crippen molar-refractivity contribution in [3.8, 4) is 0 Å². The number of β-amino-alcohol motifs (C(OH)–C–C–N with tert-alkyl or cyclic N) is 1. The normalized spacial score (nSPS) is 22.4. The van der Waals surface area contributed by atoms with Crippen LogP contribution in [0.2, 0.25) is 0 Å². The van der Waals surface area contributed by atoms with Gasteiger partial charge < -0.3 is 25.4 Å². The van der Waals surface area contributed by atoms with Crippen molar-refractivity contribution in [3.63, 3.8) is 0 Å². The monoisotopic (exact) mass is 488 g/mol. The number of amides is 1. The van der Waals surface area contributed by atoms with Crippen LogP contribution in [0.3, 0.4) is 0 Å². The van der Waals surface area contributed by atoms with Crippen molar-refractivity contribution in [3.05, 3.63) is 29.8 Å². The van der Waals surface area contributed by atoms with Gasteiger partial charge in [-0.15, -0.1) is 24.0 Å². The summed E-state index contributed by atoms with van der Waals surface area (Å²) in [7, 11) is 0. The Morgan fingerprint density at radius 3 is 2.93 bits per heavy atom. The molecule has 1 unspecified atom stereocenters. The first-order chi connectivity index (χ1) is 12.7. The first-order valence-electron chi connectivity index (χ1n) is 9.38. The predicted molar refractivity (Wildman–Crippen MR) is 116 cm³/mol. The van der Waals surface area contributed by atoms with Gasteiger partial charge in [-0.25, -0.2) is 4.99 Å². The van der Waals surface area contributed by atoms with Gasteiger partial charge in [0.15, 0.2) is 5.96 Å². The summed E-state index contributed by atoms with van der Waals surface area (Å²) in [5.41, 5.74) is 1.78. The van der Waals surface area contributed by atoms with Crippen LogP contribution in [0.15, 0.2) is 29.3 Å². The number of hydrogen-bond donors (Lipinski definition) is 3. The molecule has 2 fully saturated rings. The zero-order valence-electron chi connectivity index (χ0n) is 15.7. The van der Waals surface area contributed by atoms with Crippen LogP contribution in [0, 0.1) is 0 Å². The van der Waals surface area contributed by atoms with E-state index in [9.17, 15) is 9.90 Å². The molecule has 27 heavy (non-hydrogen) atoms. The third kappa shape index (κ3) is 6.32. The molecule has 0 bridgehead atoms. The van der Waals surface area contributed by atoms with Gasteiger partial charge in [0.1, 0.15) is 6.10 Å². The van der Waals surface area contributed by atoms with Crippen LogP contribution in [0.5, 0.6) is 0 Å². The lowest BCUT2D eigenvalue weighted by atomic mass is 10.2. The summed E-state index contributed by atoms with van der Waals surface area (Å²) < 4.78 is 5.42. The number of likely N-dealkylation sites (tertiary alicyclic amines) is 1. The quantitative estimate of drug-likeness (QED) is 0.335. The number of aliphatic imine (C=N–C) groups is 1. The lowest BCUT2D eigenvalue weighted by Crippen LogP contribution is -2.40. The van der Waals surface area contributed by atoms with Gasteiger partial charge in [-0.1, -0.05) is 12.1 Å². The lowest BCUT2D eigenvalue weighted by molar-refractivity contribution is -0.124. The first kappa shape index (κ1) is 21.9. The molecule has 2 aliphatic heterocycles. The lowest BCUT2D eigenvalue weighted by Gasteiger charge is -2.21. The van der Waals surface area contributed by atoms with Crippen molar-refractivity contribution in [2.75, 3.05) is 31.6 Å². The molecule has 0 aromatic heterocycles. The maximum atomic E-state index is 12.2. The molecule has 8 heteroatoms. The summed E-state index contributed by atoms with van der Waals surface area (Å²) in [4.78, 5) is 18.9. The Kier molecular flexibility index (Phi) is 8.78. The molecule has 7 nitrogen and oxygen atoms in total. The van der Waals surface area contributed by atoms with E-state index in [-0.39, 0.29) is 42.1 Å². The van der Waals surface area contributed by atoms with E-state index in [2.05, 4.69) is 20.5 Å².